The molecule has 0 radical (unpaired) electrons. The second-order valence-corrected chi connectivity index (χ2v) is 12.7. The van der Waals surface area contributed by atoms with Crippen LogP contribution in [0.4, 0.5) is 0 Å². The monoisotopic (exact) mass is 466 g/mol. The summed E-state index contributed by atoms with van der Waals surface area (Å²) in [5.41, 5.74) is 0.215. The Bertz CT molecular complexity index is 356. The standard InChI is InChI=1S/C21H40Br2O/c1-16(2)9-6-10-17(3)11-7-12-18(4)13-8-14-20(5)19(15-24)21(20,22)23/h16-19,24H,6-15H2,1-5H3. The van der Waals surface area contributed by atoms with E-state index in [1.807, 2.05) is 0 Å². The molecule has 1 aliphatic rings. The Morgan fingerprint density at radius 1 is 0.833 bits per heavy atom. The third-order valence-corrected chi connectivity index (χ3v) is 9.25. The molecule has 1 fully saturated rings. The van der Waals surface area contributed by atoms with E-state index in [0.717, 1.165) is 17.8 Å². The average Bonchev–Trinajstić information content (AvgIpc) is 2.90. The minimum Gasteiger partial charge on any atom is -0.396 e. The van der Waals surface area contributed by atoms with E-state index in [1.54, 1.807) is 0 Å². The van der Waals surface area contributed by atoms with E-state index in [0.29, 0.717) is 5.92 Å². The molecule has 1 saturated carbocycles. The highest BCUT2D eigenvalue weighted by Crippen LogP contribution is 2.73. The summed E-state index contributed by atoms with van der Waals surface area (Å²) >= 11 is 7.49. The van der Waals surface area contributed by atoms with Crippen LogP contribution >= 0.6 is 31.9 Å². The highest BCUT2D eigenvalue weighted by atomic mass is 79.9. The highest BCUT2D eigenvalue weighted by molar-refractivity contribution is 9.25. The van der Waals surface area contributed by atoms with Gasteiger partial charge < -0.3 is 5.11 Å². The molecule has 0 aromatic carbocycles. The van der Waals surface area contributed by atoms with E-state index < -0.39 is 0 Å². The van der Waals surface area contributed by atoms with Crippen molar-refractivity contribution in [2.75, 3.05) is 6.61 Å². The minimum atomic E-state index is -0.0313. The fourth-order valence-corrected chi connectivity index (χ4v) is 6.15. The number of alkyl halides is 2. The van der Waals surface area contributed by atoms with Crippen LogP contribution in [0, 0.1) is 29.1 Å². The number of rotatable bonds is 13. The summed E-state index contributed by atoms with van der Waals surface area (Å²) in [6.07, 6.45) is 12.2. The van der Waals surface area contributed by atoms with Crippen molar-refractivity contribution in [2.45, 2.75) is 95.6 Å². The van der Waals surface area contributed by atoms with Gasteiger partial charge in [-0.05, 0) is 24.2 Å². The predicted octanol–water partition coefficient (Wildman–Crippen LogP) is 7.54. The van der Waals surface area contributed by atoms with Gasteiger partial charge in [0.05, 0.1) is 3.23 Å². The van der Waals surface area contributed by atoms with Crippen LogP contribution in [0.3, 0.4) is 0 Å². The fourth-order valence-electron chi connectivity index (χ4n) is 4.13. The number of aliphatic hydroxyl groups is 1. The van der Waals surface area contributed by atoms with Crippen LogP contribution < -0.4 is 0 Å². The third-order valence-electron chi connectivity index (χ3n) is 6.33. The zero-order valence-corrected chi connectivity index (χ0v) is 19.8. The summed E-state index contributed by atoms with van der Waals surface area (Å²) in [5, 5.41) is 9.49. The quantitative estimate of drug-likeness (QED) is 0.277. The first-order valence-electron chi connectivity index (χ1n) is 10.1. The second-order valence-electron chi connectivity index (χ2n) is 9.13. The van der Waals surface area contributed by atoms with Crippen LogP contribution in [0.15, 0.2) is 0 Å². The van der Waals surface area contributed by atoms with Gasteiger partial charge >= 0.3 is 0 Å². The molecule has 0 amide bonds. The van der Waals surface area contributed by atoms with Gasteiger partial charge in [0.1, 0.15) is 0 Å². The smallest absolute Gasteiger partial charge is 0.0918 e. The summed E-state index contributed by atoms with van der Waals surface area (Å²) in [7, 11) is 0. The largest absolute Gasteiger partial charge is 0.396 e. The molecule has 4 unspecified atom stereocenters. The highest BCUT2D eigenvalue weighted by Gasteiger charge is 2.70. The lowest BCUT2D eigenvalue weighted by atomic mass is 9.90. The van der Waals surface area contributed by atoms with Crippen LogP contribution in [-0.2, 0) is 0 Å². The van der Waals surface area contributed by atoms with Crippen molar-refractivity contribution >= 4 is 31.9 Å². The van der Waals surface area contributed by atoms with Crippen LogP contribution in [-0.4, -0.2) is 14.9 Å². The van der Waals surface area contributed by atoms with Crippen molar-refractivity contribution in [1.29, 1.82) is 0 Å². The molecular weight excluding hydrogens is 428 g/mol. The van der Waals surface area contributed by atoms with Gasteiger partial charge in [-0.1, -0.05) is 118 Å². The molecule has 3 heteroatoms. The molecule has 1 N–H and O–H groups in total. The molecule has 0 bridgehead atoms. The maximum absolute atomic E-state index is 9.49. The van der Waals surface area contributed by atoms with Crippen molar-refractivity contribution in [2.24, 2.45) is 29.1 Å². The van der Waals surface area contributed by atoms with Crippen molar-refractivity contribution < 1.29 is 5.11 Å². The normalized spacial score (nSPS) is 28.1. The van der Waals surface area contributed by atoms with Crippen LogP contribution in [0.2, 0.25) is 0 Å². The number of halogens is 2. The Morgan fingerprint density at radius 2 is 1.29 bits per heavy atom. The third kappa shape index (κ3) is 6.58. The van der Waals surface area contributed by atoms with E-state index >= 15 is 0 Å². The maximum atomic E-state index is 9.49. The molecule has 1 nitrogen and oxygen atoms in total. The lowest BCUT2D eigenvalue weighted by Gasteiger charge is -2.17. The van der Waals surface area contributed by atoms with Gasteiger partial charge in [-0.25, -0.2) is 0 Å². The Kier molecular flexibility index (Phi) is 9.86. The van der Waals surface area contributed by atoms with Gasteiger partial charge in [-0.15, -0.1) is 0 Å². The molecule has 1 aliphatic carbocycles. The Balaban J connectivity index is 2.08. The molecule has 0 spiro atoms. The topological polar surface area (TPSA) is 20.2 Å². The lowest BCUT2D eigenvalue weighted by molar-refractivity contribution is 0.246. The van der Waals surface area contributed by atoms with Gasteiger partial charge in [0, 0.05) is 17.9 Å². The van der Waals surface area contributed by atoms with Crippen molar-refractivity contribution in [1.82, 2.24) is 0 Å². The molecule has 24 heavy (non-hydrogen) atoms. The Morgan fingerprint density at radius 3 is 1.71 bits per heavy atom. The first-order chi connectivity index (χ1) is 11.1. The molecule has 0 aromatic rings. The molecular formula is C21H40Br2O. The van der Waals surface area contributed by atoms with E-state index in [4.69, 9.17) is 0 Å². The summed E-state index contributed by atoms with van der Waals surface area (Å²) in [6.45, 7) is 12.1. The Labute approximate surface area is 168 Å². The Hall–Kier alpha value is 0.920. The van der Waals surface area contributed by atoms with Crippen molar-refractivity contribution in [3.63, 3.8) is 0 Å². The van der Waals surface area contributed by atoms with Gasteiger partial charge in [-0.3, -0.25) is 0 Å². The van der Waals surface area contributed by atoms with E-state index in [1.165, 1.54) is 57.8 Å². The van der Waals surface area contributed by atoms with E-state index in [2.05, 4.69) is 66.5 Å². The van der Waals surface area contributed by atoms with Gasteiger partial charge in [-0.2, -0.15) is 0 Å². The number of hydrogen-bond acceptors (Lipinski definition) is 1. The number of aliphatic hydroxyl groups excluding tert-OH is 1. The predicted molar refractivity (Wildman–Crippen MR) is 114 cm³/mol. The first kappa shape index (κ1) is 23.0. The molecule has 0 saturated heterocycles. The zero-order valence-electron chi connectivity index (χ0n) is 16.6. The molecule has 1 rings (SSSR count). The lowest BCUT2D eigenvalue weighted by Crippen LogP contribution is -2.06. The van der Waals surface area contributed by atoms with Crippen LogP contribution in [0.5, 0.6) is 0 Å². The first-order valence-corrected chi connectivity index (χ1v) is 11.7. The summed E-state index contributed by atoms with van der Waals surface area (Å²) in [5.74, 6) is 2.94. The van der Waals surface area contributed by atoms with Gasteiger partial charge in [0.15, 0.2) is 0 Å². The molecule has 4 atom stereocenters. The SMILES string of the molecule is CC(C)CCCC(C)CCCC(C)CCCC1(C)C(CO)C1(Br)Br. The van der Waals surface area contributed by atoms with Crippen LogP contribution in [0.25, 0.3) is 0 Å². The zero-order chi connectivity index (χ0) is 18.4. The van der Waals surface area contributed by atoms with E-state index in [9.17, 15) is 5.11 Å². The minimum absolute atomic E-state index is 0.0313. The average molecular weight is 468 g/mol. The van der Waals surface area contributed by atoms with E-state index in [-0.39, 0.29) is 15.3 Å². The molecule has 0 aromatic heterocycles. The fraction of sp³-hybridized carbons (Fsp3) is 1.00. The second kappa shape index (κ2) is 10.3. The summed E-state index contributed by atoms with van der Waals surface area (Å²) in [6, 6.07) is 0. The van der Waals surface area contributed by atoms with Gasteiger partial charge in [0.2, 0.25) is 0 Å². The molecule has 0 aliphatic heterocycles. The van der Waals surface area contributed by atoms with Crippen LogP contribution in [0.1, 0.15) is 92.4 Å². The summed E-state index contributed by atoms with van der Waals surface area (Å²) in [4.78, 5) is 0. The molecule has 0 heterocycles. The molecule has 144 valence electrons. The number of hydrogen-bond donors (Lipinski definition) is 1. The summed E-state index contributed by atoms with van der Waals surface area (Å²) < 4.78 is -0.0313. The maximum Gasteiger partial charge on any atom is 0.0918 e. The van der Waals surface area contributed by atoms with Crippen molar-refractivity contribution in [3.8, 4) is 0 Å². The van der Waals surface area contributed by atoms with Gasteiger partial charge in [0.25, 0.3) is 0 Å². The van der Waals surface area contributed by atoms with Crippen molar-refractivity contribution in [3.05, 3.63) is 0 Å².